The van der Waals surface area contributed by atoms with Crippen molar-refractivity contribution in [2.75, 3.05) is 11.4 Å². The van der Waals surface area contributed by atoms with Crippen LogP contribution in [0.2, 0.25) is 0 Å². The second kappa shape index (κ2) is 8.81. The summed E-state index contributed by atoms with van der Waals surface area (Å²) in [5.41, 5.74) is 3.08. The van der Waals surface area contributed by atoms with Crippen LogP contribution in [0.3, 0.4) is 0 Å². The maximum absolute atomic E-state index is 12.8. The first-order valence-electron chi connectivity index (χ1n) is 8.98. The maximum atomic E-state index is 12.8. The van der Waals surface area contributed by atoms with Crippen molar-refractivity contribution >= 4 is 17.5 Å². The predicted octanol–water partition coefficient (Wildman–Crippen LogP) is 4.28. The number of rotatable bonds is 6. The van der Waals surface area contributed by atoms with Crippen molar-refractivity contribution < 1.29 is 9.59 Å². The third-order valence-electron chi connectivity index (χ3n) is 4.32. The Balaban J connectivity index is 1.64. The molecule has 0 unspecified atom stereocenters. The van der Waals surface area contributed by atoms with E-state index in [2.05, 4.69) is 5.32 Å². The van der Waals surface area contributed by atoms with Crippen molar-refractivity contribution in [3.05, 3.63) is 102 Å². The Morgan fingerprint density at radius 2 is 1.37 bits per heavy atom. The zero-order valence-electron chi connectivity index (χ0n) is 15.3. The molecular formula is C23H22N2O2. The van der Waals surface area contributed by atoms with Gasteiger partial charge >= 0.3 is 0 Å². The molecule has 3 aromatic rings. The molecular weight excluding hydrogens is 336 g/mol. The molecule has 2 amide bonds. The van der Waals surface area contributed by atoms with Crippen LogP contribution in [0.5, 0.6) is 0 Å². The Kier molecular flexibility index (Phi) is 6.00. The lowest BCUT2D eigenvalue weighted by molar-refractivity contribution is 0.0949. The largest absolute Gasteiger partial charge is 0.348 e. The van der Waals surface area contributed by atoms with Gasteiger partial charge < -0.3 is 10.2 Å². The van der Waals surface area contributed by atoms with E-state index < -0.39 is 0 Å². The zero-order valence-corrected chi connectivity index (χ0v) is 15.3. The molecule has 4 nitrogen and oxygen atoms in total. The van der Waals surface area contributed by atoms with Gasteiger partial charge in [0.15, 0.2) is 0 Å². The lowest BCUT2D eigenvalue weighted by atomic mass is 10.1. The van der Waals surface area contributed by atoms with Gasteiger partial charge in [-0.25, -0.2) is 0 Å². The Morgan fingerprint density at radius 3 is 1.96 bits per heavy atom. The van der Waals surface area contributed by atoms with E-state index in [4.69, 9.17) is 0 Å². The number of benzene rings is 3. The number of nitrogens with one attached hydrogen (secondary N) is 1. The number of para-hydroxylation sites is 1. The van der Waals surface area contributed by atoms with Gasteiger partial charge in [-0.2, -0.15) is 0 Å². The van der Waals surface area contributed by atoms with Gasteiger partial charge in [-0.05, 0) is 48.9 Å². The summed E-state index contributed by atoms with van der Waals surface area (Å²) in [6, 6.07) is 26.1. The zero-order chi connectivity index (χ0) is 19.1. The van der Waals surface area contributed by atoms with Crippen molar-refractivity contribution in [3.8, 4) is 0 Å². The highest BCUT2D eigenvalue weighted by Crippen LogP contribution is 2.17. The van der Waals surface area contributed by atoms with Crippen LogP contribution in [-0.4, -0.2) is 18.4 Å². The topological polar surface area (TPSA) is 49.4 Å². The van der Waals surface area contributed by atoms with Gasteiger partial charge in [0, 0.05) is 29.9 Å². The fourth-order valence-corrected chi connectivity index (χ4v) is 2.85. The number of anilines is 1. The molecule has 0 atom stereocenters. The van der Waals surface area contributed by atoms with Gasteiger partial charge in [0.05, 0.1) is 0 Å². The van der Waals surface area contributed by atoms with Crippen molar-refractivity contribution in [2.24, 2.45) is 0 Å². The Hall–Kier alpha value is -3.40. The van der Waals surface area contributed by atoms with Gasteiger partial charge in [0.25, 0.3) is 11.8 Å². The molecule has 0 saturated heterocycles. The van der Waals surface area contributed by atoms with Crippen molar-refractivity contribution in [2.45, 2.75) is 13.5 Å². The third kappa shape index (κ3) is 4.61. The molecule has 0 spiro atoms. The minimum absolute atomic E-state index is 0.0384. The smallest absolute Gasteiger partial charge is 0.258 e. The van der Waals surface area contributed by atoms with Crippen molar-refractivity contribution in [1.82, 2.24) is 5.32 Å². The van der Waals surface area contributed by atoms with Crippen LogP contribution in [0.25, 0.3) is 0 Å². The first-order chi connectivity index (χ1) is 13.2. The Morgan fingerprint density at radius 1 is 0.778 bits per heavy atom. The van der Waals surface area contributed by atoms with E-state index in [1.165, 1.54) is 0 Å². The standard InChI is InChI=1S/C23H22N2O2/c1-2-25(21-11-7-4-8-12-21)23(27)20-15-13-18(14-16-20)17-24-22(26)19-9-5-3-6-10-19/h3-16H,2,17H2,1H3,(H,24,26). The molecule has 0 aliphatic heterocycles. The van der Waals surface area contributed by atoms with Crippen LogP contribution in [0.15, 0.2) is 84.9 Å². The molecule has 0 heterocycles. The molecule has 4 heteroatoms. The molecule has 0 radical (unpaired) electrons. The summed E-state index contributed by atoms with van der Waals surface area (Å²) >= 11 is 0. The van der Waals surface area contributed by atoms with Crippen LogP contribution in [-0.2, 0) is 6.54 Å². The summed E-state index contributed by atoms with van der Waals surface area (Å²) in [7, 11) is 0. The third-order valence-corrected chi connectivity index (χ3v) is 4.32. The first kappa shape index (κ1) is 18.4. The van der Waals surface area contributed by atoms with E-state index in [-0.39, 0.29) is 11.8 Å². The lowest BCUT2D eigenvalue weighted by Crippen LogP contribution is -2.30. The fourth-order valence-electron chi connectivity index (χ4n) is 2.85. The number of carbonyl (C=O) groups excluding carboxylic acids is 2. The molecule has 136 valence electrons. The molecule has 0 aliphatic rings. The first-order valence-corrected chi connectivity index (χ1v) is 8.98. The molecule has 3 rings (SSSR count). The molecule has 27 heavy (non-hydrogen) atoms. The predicted molar refractivity (Wildman–Crippen MR) is 108 cm³/mol. The molecule has 0 saturated carbocycles. The maximum Gasteiger partial charge on any atom is 0.258 e. The van der Waals surface area contributed by atoms with Gasteiger partial charge in [-0.3, -0.25) is 9.59 Å². The lowest BCUT2D eigenvalue weighted by Gasteiger charge is -2.21. The summed E-state index contributed by atoms with van der Waals surface area (Å²) in [5.74, 6) is -0.152. The molecule has 0 fully saturated rings. The van der Waals surface area contributed by atoms with Crippen LogP contribution in [0, 0.1) is 0 Å². The number of hydrogen-bond donors (Lipinski definition) is 1. The fraction of sp³-hybridized carbons (Fsp3) is 0.130. The van der Waals surface area contributed by atoms with Gasteiger partial charge in [0.1, 0.15) is 0 Å². The highest BCUT2D eigenvalue weighted by atomic mass is 16.2. The highest BCUT2D eigenvalue weighted by molar-refractivity contribution is 6.06. The normalized spacial score (nSPS) is 10.3. The molecule has 0 bridgehead atoms. The number of amides is 2. The Bertz CT molecular complexity index is 891. The average Bonchev–Trinajstić information content (AvgIpc) is 2.74. The van der Waals surface area contributed by atoms with Gasteiger partial charge in [-0.1, -0.05) is 48.5 Å². The van der Waals surface area contributed by atoms with E-state index in [0.29, 0.717) is 24.2 Å². The molecule has 1 N–H and O–H groups in total. The van der Waals surface area contributed by atoms with Crippen LogP contribution in [0.1, 0.15) is 33.2 Å². The number of hydrogen-bond acceptors (Lipinski definition) is 2. The minimum Gasteiger partial charge on any atom is -0.348 e. The van der Waals surface area contributed by atoms with Crippen LogP contribution in [0.4, 0.5) is 5.69 Å². The van der Waals surface area contributed by atoms with E-state index in [1.54, 1.807) is 29.2 Å². The van der Waals surface area contributed by atoms with E-state index >= 15 is 0 Å². The van der Waals surface area contributed by atoms with Crippen LogP contribution >= 0.6 is 0 Å². The van der Waals surface area contributed by atoms with E-state index in [0.717, 1.165) is 11.3 Å². The van der Waals surface area contributed by atoms with Gasteiger partial charge in [-0.15, -0.1) is 0 Å². The minimum atomic E-state index is -0.114. The monoisotopic (exact) mass is 358 g/mol. The summed E-state index contributed by atoms with van der Waals surface area (Å²) in [6.45, 7) is 2.97. The molecule has 3 aromatic carbocycles. The summed E-state index contributed by atoms with van der Waals surface area (Å²) in [5, 5.41) is 2.89. The van der Waals surface area contributed by atoms with Crippen LogP contribution < -0.4 is 10.2 Å². The second-order valence-electron chi connectivity index (χ2n) is 6.13. The molecule has 0 aromatic heterocycles. The summed E-state index contributed by atoms with van der Waals surface area (Å²) in [4.78, 5) is 26.6. The molecule has 0 aliphatic carbocycles. The average molecular weight is 358 g/mol. The number of carbonyl (C=O) groups is 2. The van der Waals surface area contributed by atoms with Gasteiger partial charge in [0.2, 0.25) is 0 Å². The second-order valence-corrected chi connectivity index (χ2v) is 6.13. The van der Waals surface area contributed by atoms with E-state index in [9.17, 15) is 9.59 Å². The SMILES string of the molecule is CCN(C(=O)c1ccc(CNC(=O)c2ccccc2)cc1)c1ccccc1. The van der Waals surface area contributed by atoms with Crippen molar-refractivity contribution in [3.63, 3.8) is 0 Å². The number of nitrogens with zero attached hydrogens (tertiary/aromatic N) is 1. The highest BCUT2D eigenvalue weighted by Gasteiger charge is 2.15. The van der Waals surface area contributed by atoms with Crippen molar-refractivity contribution in [1.29, 1.82) is 0 Å². The quantitative estimate of drug-likeness (QED) is 0.715. The summed E-state index contributed by atoms with van der Waals surface area (Å²) in [6.07, 6.45) is 0. The van der Waals surface area contributed by atoms with E-state index in [1.807, 2.05) is 67.6 Å². The Labute approximate surface area is 159 Å². The summed E-state index contributed by atoms with van der Waals surface area (Å²) < 4.78 is 0.